The molecule has 0 fully saturated rings. The summed E-state index contributed by atoms with van der Waals surface area (Å²) in [4.78, 5) is 14.4. The highest BCUT2D eigenvalue weighted by atomic mass is 32.2. The van der Waals surface area contributed by atoms with E-state index in [2.05, 4.69) is 0 Å². The van der Waals surface area contributed by atoms with Gasteiger partial charge in [0.15, 0.2) is 0 Å². The Labute approximate surface area is 166 Å². The predicted molar refractivity (Wildman–Crippen MR) is 109 cm³/mol. The topological polar surface area (TPSA) is 72.9 Å². The minimum absolute atomic E-state index is 0.101. The monoisotopic (exact) mass is 403 g/mol. The van der Waals surface area contributed by atoms with E-state index in [0.717, 1.165) is 23.8 Å². The number of rotatable bonds is 10. The van der Waals surface area contributed by atoms with Crippen LogP contribution < -0.4 is 4.18 Å². The second-order valence-electron chi connectivity index (χ2n) is 6.28. The van der Waals surface area contributed by atoms with Gasteiger partial charge in [-0.25, -0.2) is 0 Å². The highest BCUT2D eigenvalue weighted by Crippen LogP contribution is 2.16. The Morgan fingerprint density at radius 1 is 1.07 bits per heavy atom. The van der Waals surface area contributed by atoms with Gasteiger partial charge in [-0.1, -0.05) is 42.5 Å². The quantitative estimate of drug-likeness (QED) is 0.346. The van der Waals surface area contributed by atoms with Crippen LogP contribution in [-0.4, -0.2) is 45.7 Å². The summed E-state index contributed by atoms with van der Waals surface area (Å²) in [6, 6.07) is 16.3. The van der Waals surface area contributed by atoms with Crippen LogP contribution in [0.1, 0.15) is 17.5 Å². The summed E-state index contributed by atoms with van der Waals surface area (Å²) in [6.45, 7) is 1.52. The van der Waals surface area contributed by atoms with E-state index in [4.69, 9.17) is 8.92 Å². The fraction of sp³-hybridized carbons (Fsp3) is 0.286. The summed E-state index contributed by atoms with van der Waals surface area (Å²) in [7, 11) is -1.94. The van der Waals surface area contributed by atoms with Crippen LogP contribution in [0, 0.1) is 0 Å². The SMILES string of the molecule is COCCCN(Cc1ccc(OS(C)(=O)=O)cc1)C(=O)C=Cc1ccccc1. The lowest BCUT2D eigenvalue weighted by molar-refractivity contribution is -0.126. The lowest BCUT2D eigenvalue weighted by Crippen LogP contribution is -2.30. The normalized spacial score (nSPS) is 11.5. The average molecular weight is 404 g/mol. The third-order valence-electron chi connectivity index (χ3n) is 3.85. The van der Waals surface area contributed by atoms with E-state index in [0.29, 0.717) is 19.7 Å². The predicted octanol–water partition coefficient (Wildman–Crippen LogP) is 3.10. The number of amides is 1. The van der Waals surface area contributed by atoms with Gasteiger partial charge in [-0.05, 0) is 35.8 Å². The van der Waals surface area contributed by atoms with Gasteiger partial charge in [0.2, 0.25) is 5.91 Å². The number of hydrogen-bond acceptors (Lipinski definition) is 5. The molecule has 0 saturated heterocycles. The van der Waals surface area contributed by atoms with Crippen molar-refractivity contribution in [1.29, 1.82) is 0 Å². The van der Waals surface area contributed by atoms with E-state index in [1.165, 1.54) is 0 Å². The first kappa shape index (κ1) is 21.7. The van der Waals surface area contributed by atoms with Gasteiger partial charge >= 0.3 is 10.1 Å². The molecule has 0 heterocycles. The third-order valence-corrected chi connectivity index (χ3v) is 4.35. The van der Waals surface area contributed by atoms with E-state index in [9.17, 15) is 13.2 Å². The molecule has 2 aromatic carbocycles. The summed E-state index contributed by atoms with van der Waals surface area (Å²) in [5, 5.41) is 0. The van der Waals surface area contributed by atoms with Crippen LogP contribution in [-0.2, 0) is 26.2 Å². The van der Waals surface area contributed by atoms with Crippen molar-refractivity contribution in [3.8, 4) is 5.75 Å². The maximum absolute atomic E-state index is 12.7. The van der Waals surface area contributed by atoms with Gasteiger partial charge < -0.3 is 13.8 Å². The molecule has 1 amide bonds. The molecule has 2 rings (SSSR count). The van der Waals surface area contributed by atoms with Gasteiger partial charge in [0.1, 0.15) is 5.75 Å². The van der Waals surface area contributed by atoms with E-state index in [1.54, 1.807) is 48.4 Å². The summed E-state index contributed by atoms with van der Waals surface area (Å²) >= 11 is 0. The first-order valence-electron chi connectivity index (χ1n) is 8.87. The van der Waals surface area contributed by atoms with Gasteiger partial charge in [-0.2, -0.15) is 8.42 Å². The lowest BCUT2D eigenvalue weighted by Gasteiger charge is -2.21. The van der Waals surface area contributed by atoms with E-state index < -0.39 is 10.1 Å². The van der Waals surface area contributed by atoms with Crippen LogP contribution in [0.2, 0.25) is 0 Å². The molecule has 2 aromatic rings. The molecular formula is C21H25NO5S. The van der Waals surface area contributed by atoms with E-state index in [-0.39, 0.29) is 11.7 Å². The van der Waals surface area contributed by atoms with Gasteiger partial charge in [0, 0.05) is 32.9 Å². The fourth-order valence-corrected chi connectivity index (χ4v) is 3.01. The van der Waals surface area contributed by atoms with Crippen LogP contribution >= 0.6 is 0 Å². The van der Waals surface area contributed by atoms with Crippen LogP contribution in [0.3, 0.4) is 0 Å². The molecular weight excluding hydrogens is 378 g/mol. The zero-order chi connectivity index (χ0) is 20.4. The van der Waals surface area contributed by atoms with Crippen molar-refractivity contribution < 1.29 is 22.1 Å². The highest BCUT2D eigenvalue weighted by molar-refractivity contribution is 7.86. The molecule has 150 valence electrons. The summed E-state index contributed by atoms with van der Waals surface area (Å²) in [5.41, 5.74) is 1.83. The molecule has 0 aliphatic heterocycles. The average Bonchev–Trinajstić information content (AvgIpc) is 2.66. The first-order chi connectivity index (χ1) is 13.4. The smallest absolute Gasteiger partial charge is 0.306 e. The third kappa shape index (κ3) is 7.94. The van der Waals surface area contributed by atoms with Gasteiger partial charge in [-0.15, -0.1) is 0 Å². The Kier molecular flexibility index (Phi) is 8.22. The van der Waals surface area contributed by atoms with Crippen LogP contribution in [0.25, 0.3) is 6.08 Å². The largest absolute Gasteiger partial charge is 0.385 e. The molecule has 7 heteroatoms. The number of methoxy groups -OCH3 is 1. The second-order valence-corrected chi connectivity index (χ2v) is 7.86. The van der Waals surface area contributed by atoms with Crippen molar-refractivity contribution in [3.05, 3.63) is 71.8 Å². The van der Waals surface area contributed by atoms with Crippen molar-refractivity contribution in [1.82, 2.24) is 4.90 Å². The Balaban J connectivity index is 2.07. The van der Waals surface area contributed by atoms with Crippen molar-refractivity contribution in [2.75, 3.05) is 26.5 Å². The molecule has 0 bridgehead atoms. The summed E-state index contributed by atoms with van der Waals surface area (Å²) in [6.07, 6.45) is 5.06. The summed E-state index contributed by atoms with van der Waals surface area (Å²) < 4.78 is 32.3. The van der Waals surface area contributed by atoms with Gasteiger partial charge in [-0.3, -0.25) is 4.79 Å². The number of nitrogens with zero attached hydrogens (tertiary/aromatic N) is 1. The standard InChI is InChI=1S/C21H25NO5S/c1-26-16-6-15-22(21(23)14-11-18-7-4-3-5-8-18)17-19-9-12-20(13-10-19)27-28(2,24)25/h3-5,7-14H,6,15-17H2,1-2H3. The molecule has 0 saturated carbocycles. The Bertz CT molecular complexity index is 877. The van der Waals surface area contributed by atoms with Crippen LogP contribution in [0.5, 0.6) is 5.75 Å². The highest BCUT2D eigenvalue weighted by Gasteiger charge is 2.12. The number of ether oxygens (including phenoxy) is 1. The summed E-state index contributed by atoms with van der Waals surface area (Å²) in [5.74, 6) is 0.143. The Hall–Kier alpha value is -2.64. The molecule has 0 aromatic heterocycles. The zero-order valence-corrected chi connectivity index (χ0v) is 16.9. The maximum Gasteiger partial charge on any atom is 0.306 e. The minimum atomic E-state index is -3.56. The minimum Gasteiger partial charge on any atom is -0.385 e. The van der Waals surface area contributed by atoms with E-state index >= 15 is 0 Å². The molecule has 0 aliphatic rings. The molecule has 6 nitrogen and oxygen atoms in total. The number of carbonyl (C=O) groups is 1. The lowest BCUT2D eigenvalue weighted by atomic mass is 10.2. The van der Waals surface area contributed by atoms with Gasteiger partial charge in [0.05, 0.1) is 6.26 Å². The molecule has 0 aliphatic carbocycles. The Morgan fingerprint density at radius 2 is 1.75 bits per heavy atom. The molecule has 0 radical (unpaired) electrons. The molecule has 0 atom stereocenters. The zero-order valence-electron chi connectivity index (χ0n) is 16.1. The van der Waals surface area contributed by atoms with Crippen molar-refractivity contribution >= 4 is 22.1 Å². The number of carbonyl (C=O) groups excluding carboxylic acids is 1. The second kappa shape index (κ2) is 10.6. The van der Waals surface area contributed by atoms with E-state index in [1.807, 2.05) is 30.3 Å². The van der Waals surface area contributed by atoms with Crippen LogP contribution in [0.15, 0.2) is 60.7 Å². The first-order valence-corrected chi connectivity index (χ1v) is 10.7. The van der Waals surface area contributed by atoms with Crippen LogP contribution in [0.4, 0.5) is 0 Å². The maximum atomic E-state index is 12.7. The number of hydrogen-bond donors (Lipinski definition) is 0. The molecule has 0 unspecified atom stereocenters. The fourth-order valence-electron chi connectivity index (χ4n) is 2.55. The van der Waals surface area contributed by atoms with Gasteiger partial charge in [0.25, 0.3) is 0 Å². The molecule has 28 heavy (non-hydrogen) atoms. The molecule has 0 N–H and O–H groups in total. The number of benzene rings is 2. The van der Waals surface area contributed by atoms with Crippen molar-refractivity contribution in [2.45, 2.75) is 13.0 Å². The van der Waals surface area contributed by atoms with Crippen molar-refractivity contribution in [3.63, 3.8) is 0 Å². The molecule has 0 spiro atoms. The Morgan fingerprint density at radius 3 is 2.36 bits per heavy atom. The van der Waals surface area contributed by atoms with Crippen molar-refractivity contribution in [2.24, 2.45) is 0 Å².